The lowest BCUT2D eigenvalue weighted by Crippen LogP contribution is -2.05. The summed E-state index contributed by atoms with van der Waals surface area (Å²) in [4.78, 5) is 12.2. The van der Waals surface area contributed by atoms with E-state index in [1.165, 1.54) is 30.3 Å². The number of ketones is 1. The molecule has 0 fully saturated rings. The molecule has 2 aromatic rings. The highest BCUT2D eigenvalue weighted by atomic mass is 79.9. The SMILES string of the molecule is Nc1cc(Cl)cc(C(=O)c2ccc(Br)c(Cl)c2F)c1. The lowest BCUT2D eigenvalue weighted by molar-refractivity contribution is 0.103. The smallest absolute Gasteiger partial charge is 0.196 e. The van der Waals surface area contributed by atoms with Gasteiger partial charge in [-0.2, -0.15) is 0 Å². The molecule has 2 N–H and O–H groups in total. The Morgan fingerprint density at radius 1 is 1.21 bits per heavy atom. The second-order valence-electron chi connectivity index (χ2n) is 3.83. The predicted octanol–water partition coefficient (Wildman–Crippen LogP) is 4.71. The van der Waals surface area contributed by atoms with Gasteiger partial charge in [0.1, 0.15) is 0 Å². The van der Waals surface area contributed by atoms with Crippen LogP contribution < -0.4 is 5.73 Å². The first-order valence-electron chi connectivity index (χ1n) is 5.14. The minimum Gasteiger partial charge on any atom is -0.399 e. The van der Waals surface area contributed by atoms with E-state index >= 15 is 0 Å². The van der Waals surface area contributed by atoms with Crippen LogP contribution in [0.1, 0.15) is 15.9 Å². The molecule has 98 valence electrons. The zero-order chi connectivity index (χ0) is 14.2. The van der Waals surface area contributed by atoms with E-state index in [4.69, 9.17) is 28.9 Å². The summed E-state index contributed by atoms with van der Waals surface area (Å²) in [6.45, 7) is 0. The average molecular weight is 363 g/mol. The van der Waals surface area contributed by atoms with Crippen molar-refractivity contribution in [2.75, 3.05) is 5.73 Å². The molecule has 0 radical (unpaired) electrons. The molecule has 0 bridgehead atoms. The van der Waals surface area contributed by atoms with Crippen LogP contribution >= 0.6 is 39.1 Å². The minimum atomic E-state index is -0.778. The van der Waals surface area contributed by atoms with E-state index in [9.17, 15) is 9.18 Å². The van der Waals surface area contributed by atoms with Crippen molar-refractivity contribution in [3.63, 3.8) is 0 Å². The number of carbonyl (C=O) groups excluding carboxylic acids is 1. The molecular formula is C13H7BrCl2FNO. The molecule has 0 aromatic heterocycles. The molecule has 0 saturated heterocycles. The molecule has 0 amide bonds. The van der Waals surface area contributed by atoms with Crippen LogP contribution in [0.3, 0.4) is 0 Å². The number of anilines is 1. The van der Waals surface area contributed by atoms with Gasteiger partial charge < -0.3 is 5.73 Å². The van der Waals surface area contributed by atoms with E-state index in [2.05, 4.69) is 15.9 Å². The molecule has 0 aliphatic carbocycles. The zero-order valence-electron chi connectivity index (χ0n) is 9.38. The van der Waals surface area contributed by atoms with Gasteiger partial charge in [0, 0.05) is 20.7 Å². The molecule has 0 aliphatic rings. The van der Waals surface area contributed by atoms with Crippen molar-refractivity contribution in [2.45, 2.75) is 0 Å². The standard InChI is InChI=1S/C13H7BrCl2FNO/c14-10-2-1-9(12(17)11(10)16)13(19)6-3-7(15)5-8(18)4-6/h1-5H,18H2. The fourth-order valence-electron chi connectivity index (χ4n) is 1.60. The van der Waals surface area contributed by atoms with Gasteiger partial charge in [-0.25, -0.2) is 4.39 Å². The largest absolute Gasteiger partial charge is 0.399 e. The Morgan fingerprint density at radius 3 is 2.53 bits per heavy atom. The summed E-state index contributed by atoms with van der Waals surface area (Å²) >= 11 is 14.7. The lowest BCUT2D eigenvalue weighted by Gasteiger charge is -2.07. The average Bonchev–Trinajstić information content (AvgIpc) is 2.34. The molecule has 19 heavy (non-hydrogen) atoms. The third-order valence-corrected chi connectivity index (χ3v) is 3.94. The Bertz CT molecular complexity index is 656. The maximum atomic E-state index is 14.0. The van der Waals surface area contributed by atoms with E-state index in [0.717, 1.165) is 0 Å². The second kappa shape index (κ2) is 5.49. The van der Waals surface area contributed by atoms with Crippen molar-refractivity contribution in [1.82, 2.24) is 0 Å². The maximum absolute atomic E-state index is 14.0. The number of halogens is 4. The van der Waals surface area contributed by atoms with Crippen LogP contribution in [-0.2, 0) is 0 Å². The number of carbonyl (C=O) groups is 1. The third-order valence-electron chi connectivity index (χ3n) is 2.46. The van der Waals surface area contributed by atoms with E-state index in [-0.39, 0.29) is 16.1 Å². The Labute approximate surface area is 127 Å². The Hall–Kier alpha value is -1.10. The molecule has 2 nitrogen and oxygen atoms in total. The monoisotopic (exact) mass is 361 g/mol. The highest BCUT2D eigenvalue weighted by Gasteiger charge is 2.18. The van der Waals surface area contributed by atoms with Crippen LogP contribution in [0, 0.1) is 5.82 Å². The second-order valence-corrected chi connectivity index (χ2v) is 5.49. The van der Waals surface area contributed by atoms with Crippen LogP contribution in [-0.4, -0.2) is 5.78 Å². The highest BCUT2D eigenvalue weighted by Crippen LogP contribution is 2.29. The first-order chi connectivity index (χ1) is 8.90. The molecule has 0 aliphatic heterocycles. The highest BCUT2D eigenvalue weighted by molar-refractivity contribution is 9.10. The van der Waals surface area contributed by atoms with E-state index < -0.39 is 11.6 Å². The predicted molar refractivity (Wildman–Crippen MR) is 78.4 cm³/mol. The van der Waals surface area contributed by atoms with E-state index in [0.29, 0.717) is 15.2 Å². The summed E-state index contributed by atoms with van der Waals surface area (Å²) in [6.07, 6.45) is 0. The summed E-state index contributed by atoms with van der Waals surface area (Å²) in [5, 5.41) is 0.174. The molecule has 0 unspecified atom stereocenters. The fraction of sp³-hybridized carbons (Fsp3) is 0. The lowest BCUT2D eigenvalue weighted by atomic mass is 10.0. The molecule has 0 saturated carbocycles. The van der Waals surface area contributed by atoms with Crippen molar-refractivity contribution in [2.24, 2.45) is 0 Å². The van der Waals surface area contributed by atoms with Gasteiger partial charge in [0.25, 0.3) is 0 Å². The normalized spacial score (nSPS) is 10.5. The van der Waals surface area contributed by atoms with Crippen molar-refractivity contribution >= 4 is 50.6 Å². The maximum Gasteiger partial charge on any atom is 0.196 e. The van der Waals surface area contributed by atoms with Gasteiger partial charge in [0.2, 0.25) is 0 Å². The van der Waals surface area contributed by atoms with Gasteiger partial charge in [0.15, 0.2) is 11.6 Å². The van der Waals surface area contributed by atoms with Crippen LogP contribution in [0.15, 0.2) is 34.8 Å². The van der Waals surface area contributed by atoms with Crippen molar-refractivity contribution in [3.05, 3.63) is 61.8 Å². The summed E-state index contributed by atoms with van der Waals surface area (Å²) in [7, 11) is 0. The van der Waals surface area contributed by atoms with Gasteiger partial charge in [0.05, 0.1) is 10.6 Å². The number of nitrogens with two attached hydrogens (primary N) is 1. The summed E-state index contributed by atoms with van der Waals surface area (Å²) in [5.74, 6) is -1.30. The topological polar surface area (TPSA) is 43.1 Å². The molecule has 0 spiro atoms. The molecule has 0 atom stereocenters. The van der Waals surface area contributed by atoms with Crippen LogP contribution in [0.5, 0.6) is 0 Å². The van der Waals surface area contributed by atoms with Gasteiger partial charge in [-0.3, -0.25) is 4.79 Å². The minimum absolute atomic E-state index is 0.130. The van der Waals surface area contributed by atoms with E-state index in [1.807, 2.05) is 0 Å². The van der Waals surface area contributed by atoms with Crippen LogP contribution in [0.25, 0.3) is 0 Å². The van der Waals surface area contributed by atoms with Gasteiger partial charge in [-0.05, 0) is 46.3 Å². The summed E-state index contributed by atoms with van der Waals surface area (Å²) < 4.78 is 14.3. The molecule has 2 aromatic carbocycles. The number of rotatable bonds is 2. The Morgan fingerprint density at radius 2 is 1.89 bits per heavy atom. The number of benzene rings is 2. The van der Waals surface area contributed by atoms with Crippen LogP contribution in [0.2, 0.25) is 10.0 Å². The van der Waals surface area contributed by atoms with Gasteiger partial charge in [-0.15, -0.1) is 0 Å². The van der Waals surface area contributed by atoms with Crippen molar-refractivity contribution in [3.8, 4) is 0 Å². The summed E-state index contributed by atoms with van der Waals surface area (Å²) in [6, 6.07) is 7.22. The zero-order valence-corrected chi connectivity index (χ0v) is 12.5. The van der Waals surface area contributed by atoms with Crippen molar-refractivity contribution in [1.29, 1.82) is 0 Å². The van der Waals surface area contributed by atoms with Gasteiger partial charge in [-0.1, -0.05) is 23.2 Å². The third kappa shape index (κ3) is 2.91. The quantitative estimate of drug-likeness (QED) is 0.477. The summed E-state index contributed by atoms with van der Waals surface area (Å²) in [5.41, 5.74) is 6.02. The molecule has 6 heteroatoms. The molecular weight excluding hydrogens is 356 g/mol. The Kier molecular flexibility index (Phi) is 4.13. The molecule has 2 rings (SSSR count). The molecule has 0 heterocycles. The fourth-order valence-corrected chi connectivity index (χ4v) is 2.31. The van der Waals surface area contributed by atoms with Crippen molar-refractivity contribution < 1.29 is 9.18 Å². The van der Waals surface area contributed by atoms with Crippen LogP contribution in [0.4, 0.5) is 10.1 Å². The number of nitrogen functional groups attached to an aromatic ring is 1. The Balaban J connectivity index is 2.53. The number of hydrogen-bond acceptors (Lipinski definition) is 2. The number of hydrogen-bond donors (Lipinski definition) is 1. The first kappa shape index (κ1) is 14.3. The van der Waals surface area contributed by atoms with E-state index in [1.54, 1.807) is 0 Å². The van der Waals surface area contributed by atoms with Gasteiger partial charge >= 0.3 is 0 Å². The first-order valence-corrected chi connectivity index (χ1v) is 6.69.